The quantitative estimate of drug-likeness (QED) is 0.573. The van der Waals surface area contributed by atoms with Crippen molar-refractivity contribution in [3.05, 3.63) is 18.3 Å². The Balaban J connectivity index is 3.08. The van der Waals surface area contributed by atoms with Crippen molar-refractivity contribution in [2.24, 2.45) is 0 Å². The first-order valence-electron chi connectivity index (χ1n) is 2.35. The molecule has 0 aromatic carbocycles. The van der Waals surface area contributed by atoms with E-state index in [0.29, 0.717) is 0 Å². The van der Waals surface area contributed by atoms with Gasteiger partial charge in [0.2, 0.25) is 0 Å². The van der Waals surface area contributed by atoms with Crippen molar-refractivity contribution in [1.82, 2.24) is 4.98 Å². The third kappa shape index (κ3) is 0.676. The first-order valence-corrected chi connectivity index (χ1v) is 1.85. The summed E-state index contributed by atoms with van der Waals surface area (Å²) in [6, 6.07) is 0. The predicted molar refractivity (Wildman–Crippen MR) is 23.5 cm³/mol. The molecule has 42 valence electrons. The number of aromatic carboxylic acids is 1. The Morgan fingerprint density at radius 2 is 2.88 bits per heavy atom. The minimum absolute atomic E-state index is 0.352. The van der Waals surface area contributed by atoms with E-state index >= 15 is 0 Å². The maximum Gasteiger partial charge on any atom is 0.357 e. The van der Waals surface area contributed by atoms with Gasteiger partial charge in [0.05, 0.1) is 0 Å². The number of carbonyl (C=O) groups is 1. The maximum atomic E-state index is 10.0. The van der Waals surface area contributed by atoms with E-state index in [2.05, 4.69) is 9.40 Å². The van der Waals surface area contributed by atoms with Crippen molar-refractivity contribution in [2.45, 2.75) is 0 Å². The van der Waals surface area contributed by atoms with Crippen molar-refractivity contribution in [1.29, 1.82) is 0 Å². The first kappa shape index (κ1) is 3.65. The highest BCUT2D eigenvalue weighted by Crippen LogP contribution is 1.91. The number of carboxylic acids is 1. The molecule has 1 N–H and O–H groups in total. The van der Waals surface area contributed by atoms with E-state index in [-0.39, 0.29) is 5.69 Å². The fourth-order valence-corrected chi connectivity index (χ4v) is 0.286. The van der Waals surface area contributed by atoms with Gasteiger partial charge in [-0.2, -0.15) is 0 Å². The Labute approximate surface area is 46.2 Å². The van der Waals surface area contributed by atoms with Crippen molar-refractivity contribution < 1.29 is 15.7 Å². The molecule has 0 radical (unpaired) electrons. The fourth-order valence-electron chi connectivity index (χ4n) is 0.286. The Morgan fingerprint density at radius 1 is 2.12 bits per heavy atom. The lowest BCUT2D eigenvalue weighted by molar-refractivity contribution is 0.0690. The van der Waals surface area contributed by atoms with E-state index in [1.807, 2.05) is 0 Å². The van der Waals surface area contributed by atoms with Crippen LogP contribution in [0.4, 0.5) is 0 Å². The minimum Gasteiger partial charge on any atom is -0.476 e. The second-order valence-electron chi connectivity index (χ2n) is 1.11. The molecule has 1 aromatic rings. The van der Waals surface area contributed by atoms with Gasteiger partial charge < -0.3 is 9.52 Å². The van der Waals surface area contributed by atoms with Gasteiger partial charge in [-0.05, 0) is 0 Å². The van der Waals surface area contributed by atoms with E-state index in [4.69, 9.17) is 6.48 Å². The standard InChI is InChI=1S/C4H3NO3/c6-4(7)3-1-8-2-5-3/h1-2H,(H,6,7)/i1D. The molecule has 8 heavy (non-hydrogen) atoms. The first-order chi connectivity index (χ1) is 4.22. The Morgan fingerprint density at radius 3 is 3.12 bits per heavy atom. The summed E-state index contributed by atoms with van der Waals surface area (Å²) in [5.74, 6) is -1.24. The van der Waals surface area contributed by atoms with Crippen LogP contribution in [0.5, 0.6) is 0 Å². The summed E-state index contributed by atoms with van der Waals surface area (Å²) >= 11 is 0. The van der Waals surface area contributed by atoms with E-state index in [1.165, 1.54) is 0 Å². The van der Waals surface area contributed by atoms with Gasteiger partial charge >= 0.3 is 5.97 Å². The van der Waals surface area contributed by atoms with E-state index < -0.39 is 12.2 Å². The van der Waals surface area contributed by atoms with Crippen LogP contribution >= 0.6 is 0 Å². The van der Waals surface area contributed by atoms with Gasteiger partial charge in [-0.1, -0.05) is 0 Å². The van der Waals surface area contributed by atoms with Gasteiger partial charge in [0.15, 0.2) is 12.1 Å². The Kier molecular flexibility index (Phi) is 0.754. The number of aromatic nitrogens is 1. The van der Waals surface area contributed by atoms with Crippen molar-refractivity contribution in [2.75, 3.05) is 0 Å². The molecule has 1 aromatic heterocycles. The number of oxazole rings is 1. The molecule has 0 saturated carbocycles. The summed E-state index contributed by atoms with van der Waals surface area (Å²) in [4.78, 5) is 13.3. The smallest absolute Gasteiger partial charge is 0.357 e. The molecular weight excluding hydrogens is 110 g/mol. The van der Waals surface area contributed by atoms with Crippen molar-refractivity contribution in [3.8, 4) is 0 Å². The van der Waals surface area contributed by atoms with Gasteiger partial charge in [0, 0.05) is 0 Å². The summed E-state index contributed by atoms with van der Waals surface area (Å²) < 4.78 is 11.1. The zero-order chi connectivity index (χ0) is 6.85. The van der Waals surface area contributed by atoms with E-state index in [9.17, 15) is 4.79 Å². The van der Waals surface area contributed by atoms with Gasteiger partial charge in [0.1, 0.15) is 7.61 Å². The second-order valence-corrected chi connectivity index (χ2v) is 1.11. The molecule has 0 aliphatic heterocycles. The largest absolute Gasteiger partial charge is 0.476 e. The molecule has 0 aliphatic carbocycles. The third-order valence-electron chi connectivity index (χ3n) is 0.593. The highest BCUT2D eigenvalue weighted by atomic mass is 16.4. The summed E-state index contributed by atoms with van der Waals surface area (Å²) in [6.45, 7) is 0. The van der Waals surface area contributed by atoms with Crippen molar-refractivity contribution in [3.63, 3.8) is 0 Å². The molecule has 0 aliphatic rings. The topological polar surface area (TPSA) is 63.3 Å². The number of rotatable bonds is 1. The molecule has 0 amide bonds. The number of nitrogens with zero attached hydrogens (tertiary/aromatic N) is 1. The molecule has 4 heteroatoms. The average molecular weight is 114 g/mol. The number of carboxylic acid groups (broad SMARTS) is 1. The maximum absolute atomic E-state index is 10.0. The molecular formula is C4H3NO3. The van der Waals surface area contributed by atoms with Gasteiger partial charge in [-0.3, -0.25) is 0 Å². The van der Waals surface area contributed by atoms with Crippen LogP contribution in [0.2, 0.25) is 0 Å². The van der Waals surface area contributed by atoms with Crippen LogP contribution in [0.3, 0.4) is 0 Å². The van der Waals surface area contributed by atoms with E-state index in [0.717, 1.165) is 6.39 Å². The molecule has 0 spiro atoms. The normalized spacial score (nSPS) is 10.8. The lowest BCUT2D eigenvalue weighted by Crippen LogP contribution is -1.94. The SMILES string of the molecule is [2H]c1ocnc1C(=O)O. The van der Waals surface area contributed by atoms with Crippen LogP contribution in [0.1, 0.15) is 11.9 Å². The molecule has 1 heterocycles. The van der Waals surface area contributed by atoms with Crippen LogP contribution in [0, 0.1) is 0 Å². The zero-order valence-corrected chi connectivity index (χ0v) is 3.79. The molecule has 0 saturated heterocycles. The molecule has 0 atom stereocenters. The third-order valence-corrected chi connectivity index (χ3v) is 0.593. The summed E-state index contributed by atoms with van der Waals surface area (Å²) in [6.07, 6.45) is 0.508. The van der Waals surface area contributed by atoms with Crippen molar-refractivity contribution >= 4 is 5.97 Å². The minimum atomic E-state index is -1.24. The summed E-state index contributed by atoms with van der Waals surface area (Å²) in [5, 5.41) is 8.21. The van der Waals surface area contributed by atoms with Crippen LogP contribution in [0.15, 0.2) is 17.1 Å². The molecule has 0 fully saturated rings. The number of hydrogen-bond acceptors (Lipinski definition) is 3. The van der Waals surface area contributed by atoms with E-state index in [1.54, 1.807) is 0 Å². The van der Waals surface area contributed by atoms with Crippen LogP contribution in [0.25, 0.3) is 0 Å². The Hall–Kier alpha value is -1.32. The molecule has 0 unspecified atom stereocenters. The number of hydrogen-bond donors (Lipinski definition) is 1. The van der Waals surface area contributed by atoms with Crippen LogP contribution in [-0.2, 0) is 0 Å². The predicted octanol–water partition coefficient (Wildman–Crippen LogP) is 0.373. The lowest BCUT2D eigenvalue weighted by Gasteiger charge is -1.75. The average Bonchev–Trinajstić information content (AvgIpc) is 2.13. The Bertz CT molecular complexity index is 231. The lowest BCUT2D eigenvalue weighted by atomic mass is 10.5. The second kappa shape index (κ2) is 1.65. The molecule has 4 nitrogen and oxygen atoms in total. The highest BCUT2D eigenvalue weighted by Gasteiger charge is 2.02. The summed E-state index contributed by atoms with van der Waals surface area (Å²) in [5.41, 5.74) is -0.352. The summed E-state index contributed by atoms with van der Waals surface area (Å²) in [7, 11) is 0. The van der Waals surface area contributed by atoms with Gasteiger partial charge in [-0.15, -0.1) is 0 Å². The van der Waals surface area contributed by atoms with Gasteiger partial charge in [0.25, 0.3) is 0 Å². The molecule has 0 bridgehead atoms. The monoisotopic (exact) mass is 114 g/mol. The highest BCUT2D eigenvalue weighted by molar-refractivity contribution is 5.84. The fraction of sp³-hybridized carbons (Fsp3) is 0. The molecule has 1 rings (SSSR count). The van der Waals surface area contributed by atoms with Crippen LogP contribution < -0.4 is 0 Å². The van der Waals surface area contributed by atoms with Gasteiger partial charge in [-0.25, -0.2) is 9.78 Å². The zero-order valence-electron chi connectivity index (χ0n) is 4.79. The van der Waals surface area contributed by atoms with Crippen LogP contribution in [-0.4, -0.2) is 16.1 Å².